The molecule has 1 saturated heterocycles. The van der Waals surface area contributed by atoms with Gasteiger partial charge in [-0.1, -0.05) is 18.2 Å². The molecule has 1 N–H and O–H groups in total. The molecule has 0 aliphatic carbocycles. The number of halogens is 1. The summed E-state index contributed by atoms with van der Waals surface area (Å²) in [6.07, 6.45) is 2.03. The van der Waals surface area contributed by atoms with Crippen molar-refractivity contribution < 1.29 is 22.0 Å². The molecule has 1 unspecified atom stereocenters. The number of carbonyl (C=O) groups excluding carboxylic acids is 1. The summed E-state index contributed by atoms with van der Waals surface area (Å²) < 4.78 is 42.6. The van der Waals surface area contributed by atoms with Gasteiger partial charge in [-0.05, 0) is 42.7 Å². The van der Waals surface area contributed by atoms with Crippen molar-refractivity contribution in [3.8, 4) is 0 Å². The topological polar surface area (TPSA) is 79.6 Å². The molecule has 8 heteroatoms. The van der Waals surface area contributed by atoms with E-state index < -0.39 is 15.7 Å². The first-order valence-electron chi connectivity index (χ1n) is 9.77. The predicted octanol–water partition coefficient (Wildman–Crippen LogP) is 3.37. The van der Waals surface area contributed by atoms with Crippen LogP contribution in [0.3, 0.4) is 0 Å². The highest BCUT2D eigenvalue weighted by molar-refractivity contribution is 7.89. The number of rotatable bonds is 6. The molecule has 1 aliphatic rings. The second kappa shape index (κ2) is 8.10. The first-order valence-corrected chi connectivity index (χ1v) is 11.8. The number of nitrogens with one attached hydrogen (secondary N) is 1. The van der Waals surface area contributed by atoms with Crippen LogP contribution in [0, 0.1) is 11.7 Å². The minimum atomic E-state index is -3.34. The summed E-state index contributed by atoms with van der Waals surface area (Å²) in [6.45, 7) is 2.03. The van der Waals surface area contributed by atoms with Crippen LogP contribution in [0.5, 0.6) is 0 Å². The van der Waals surface area contributed by atoms with E-state index in [9.17, 15) is 17.6 Å². The molecule has 1 aliphatic heterocycles. The quantitative estimate of drug-likeness (QED) is 0.649. The smallest absolute Gasteiger partial charge is 0.287 e. The zero-order valence-electron chi connectivity index (χ0n) is 16.6. The Kier molecular flexibility index (Phi) is 5.51. The standard InChI is InChI=1S/C22H23FN2O4S/c1-30(27,28)14-19-18-4-2-3-5-20(18)29-21(19)22(26)24-12-15-10-11-25(13-15)17-8-6-16(23)7-9-17/h2-9,15H,10-14H2,1H3,(H,24,26). The van der Waals surface area contributed by atoms with Gasteiger partial charge in [0.15, 0.2) is 15.6 Å². The fourth-order valence-electron chi connectivity index (χ4n) is 3.89. The van der Waals surface area contributed by atoms with Gasteiger partial charge in [-0.3, -0.25) is 4.79 Å². The molecule has 6 nitrogen and oxygen atoms in total. The lowest BCUT2D eigenvalue weighted by atomic mass is 10.1. The fraction of sp³-hybridized carbons (Fsp3) is 0.318. The summed E-state index contributed by atoms with van der Waals surface area (Å²) in [5.74, 6) is -0.645. The minimum Gasteiger partial charge on any atom is -0.451 e. The number of carbonyl (C=O) groups is 1. The molecular weight excluding hydrogens is 407 g/mol. The molecule has 0 bridgehead atoms. The van der Waals surface area contributed by atoms with Crippen LogP contribution in [0.2, 0.25) is 0 Å². The van der Waals surface area contributed by atoms with Crippen LogP contribution >= 0.6 is 0 Å². The molecule has 4 rings (SSSR count). The van der Waals surface area contributed by atoms with Gasteiger partial charge in [-0.25, -0.2) is 12.8 Å². The van der Waals surface area contributed by atoms with Gasteiger partial charge in [0.1, 0.15) is 11.4 Å². The van der Waals surface area contributed by atoms with E-state index in [0.29, 0.717) is 23.1 Å². The Morgan fingerprint density at radius 3 is 2.67 bits per heavy atom. The average Bonchev–Trinajstić information content (AvgIpc) is 3.31. The van der Waals surface area contributed by atoms with Gasteiger partial charge in [0.05, 0.1) is 5.75 Å². The third-order valence-corrected chi connectivity index (χ3v) is 6.15. The molecule has 0 saturated carbocycles. The van der Waals surface area contributed by atoms with Crippen molar-refractivity contribution in [2.75, 3.05) is 30.8 Å². The number of benzene rings is 2. The number of hydrogen-bond acceptors (Lipinski definition) is 5. The Hall–Kier alpha value is -2.87. The van der Waals surface area contributed by atoms with Gasteiger partial charge in [-0.15, -0.1) is 0 Å². The van der Waals surface area contributed by atoms with Gasteiger partial charge >= 0.3 is 0 Å². The molecule has 1 atom stereocenters. The minimum absolute atomic E-state index is 0.0509. The first kappa shape index (κ1) is 20.4. The van der Waals surface area contributed by atoms with Gasteiger partial charge in [0.2, 0.25) is 0 Å². The number of nitrogens with zero attached hydrogens (tertiary/aromatic N) is 1. The van der Waals surface area contributed by atoms with E-state index >= 15 is 0 Å². The van der Waals surface area contributed by atoms with E-state index in [1.807, 2.05) is 0 Å². The summed E-state index contributed by atoms with van der Waals surface area (Å²) in [7, 11) is -3.34. The molecule has 2 aromatic carbocycles. The lowest BCUT2D eigenvalue weighted by Crippen LogP contribution is -2.31. The second-order valence-electron chi connectivity index (χ2n) is 7.76. The molecule has 30 heavy (non-hydrogen) atoms. The highest BCUT2D eigenvalue weighted by Gasteiger charge is 2.26. The van der Waals surface area contributed by atoms with E-state index in [1.165, 1.54) is 12.1 Å². The molecule has 1 amide bonds. The summed E-state index contributed by atoms with van der Waals surface area (Å²) in [5, 5.41) is 3.53. The second-order valence-corrected chi connectivity index (χ2v) is 9.90. The normalized spacial score (nSPS) is 16.9. The number of sulfone groups is 1. The number of amides is 1. The van der Waals surface area contributed by atoms with Crippen molar-refractivity contribution in [3.05, 3.63) is 65.7 Å². The maximum absolute atomic E-state index is 13.1. The number of fused-ring (bicyclic) bond motifs is 1. The highest BCUT2D eigenvalue weighted by atomic mass is 32.2. The zero-order valence-corrected chi connectivity index (χ0v) is 17.4. The van der Waals surface area contributed by atoms with Crippen molar-refractivity contribution in [2.45, 2.75) is 12.2 Å². The largest absolute Gasteiger partial charge is 0.451 e. The summed E-state index contributed by atoms with van der Waals surface area (Å²) in [6, 6.07) is 13.4. The third kappa shape index (κ3) is 4.48. The molecule has 0 spiro atoms. The maximum Gasteiger partial charge on any atom is 0.287 e. The van der Waals surface area contributed by atoms with Crippen molar-refractivity contribution >= 4 is 32.4 Å². The van der Waals surface area contributed by atoms with Crippen molar-refractivity contribution in [1.29, 1.82) is 0 Å². The number of para-hydroxylation sites is 1. The summed E-state index contributed by atoms with van der Waals surface area (Å²) in [4.78, 5) is 15.0. The van der Waals surface area contributed by atoms with Crippen LogP contribution < -0.4 is 10.2 Å². The van der Waals surface area contributed by atoms with Crippen LogP contribution in [-0.4, -0.2) is 40.2 Å². The van der Waals surface area contributed by atoms with Gasteiger partial charge in [-0.2, -0.15) is 0 Å². The van der Waals surface area contributed by atoms with E-state index in [4.69, 9.17) is 4.42 Å². The Balaban J connectivity index is 1.45. The molecule has 0 radical (unpaired) electrons. The van der Waals surface area contributed by atoms with E-state index in [0.717, 1.165) is 31.5 Å². The van der Waals surface area contributed by atoms with Crippen molar-refractivity contribution in [3.63, 3.8) is 0 Å². The molecule has 158 valence electrons. The molecule has 1 fully saturated rings. The van der Waals surface area contributed by atoms with Crippen molar-refractivity contribution in [2.24, 2.45) is 5.92 Å². The van der Waals surface area contributed by atoms with Crippen LogP contribution in [0.15, 0.2) is 52.9 Å². The SMILES string of the molecule is CS(=O)(=O)Cc1c(C(=O)NCC2CCN(c3ccc(F)cc3)C2)oc2ccccc12. The molecule has 3 aromatic rings. The first-order chi connectivity index (χ1) is 14.3. The fourth-order valence-corrected chi connectivity index (χ4v) is 4.70. The number of hydrogen-bond donors (Lipinski definition) is 1. The lowest BCUT2D eigenvalue weighted by molar-refractivity contribution is 0.0921. The molecular formula is C22H23FN2O4S. The third-order valence-electron chi connectivity index (χ3n) is 5.34. The maximum atomic E-state index is 13.1. The van der Waals surface area contributed by atoms with Crippen LogP contribution in [-0.2, 0) is 15.6 Å². The van der Waals surface area contributed by atoms with Crippen LogP contribution in [0.4, 0.5) is 10.1 Å². The molecule has 1 aromatic heterocycles. The monoisotopic (exact) mass is 430 g/mol. The van der Waals surface area contributed by atoms with E-state index in [1.54, 1.807) is 36.4 Å². The van der Waals surface area contributed by atoms with Gasteiger partial charge < -0.3 is 14.6 Å². The van der Waals surface area contributed by atoms with Gasteiger partial charge in [0.25, 0.3) is 5.91 Å². The molecule has 2 heterocycles. The Bertz CT molecular complexity index is 1170. The zero-order chi connectivity index (χ0) is 21.3. The Morgan fingerprint density at radius 2 is 1.93 bits per heavy atom. The predicted molar refractivity (Wildman–Crippen MR) is 114 cm³/mol. The highest BCUT2D eigenvalue weighted by Crippen LogP contribution is 2.28. The van der Waals surface area contributed by atoms with Crippen LogP contribution in [0.1, 0.15) is 22.5 Å². The van der Waals surface area contributed by atoms with Crippen molar-refractivity contribution in [1.82, 2.24) is 5.32 Å². The lowest BCUT2D eigenvalue weighted by Gasteiger charge is -2.18. The Labute approximate surface area is 174 Å². The average molecular weight is 431 g/mol. The summed E-state index contributed by atoms with van der Waals surface area (Å²) >= 11 is 0. The Morgan fingerprint density at radius 1 is 1.20 bits per heavy atom. The summed E-state index contributed by atoms with van der Waals surface area (Å²) in [5.41, 5.74) is 1.84. The number of anilines is 1. The van der Waals surface area contributed by atoms with E-state index in [2.05, 4.69) is 10.2 Å². The van der Waals surface area contributed by atoms with Crippen LogP contribution in [0.25, 0.3) is 11.0 Å². The van der Waals surface area contributed by atoms with E-state index in [-0.39, 0.29) is 23.2 Å². The number of furan rings is 1. The van der Waals surface area contributed by atoms with Gasteiger partial charge in [0, 0.05) is 42.5 Å².